The van der Waals surface area contributed by atoms with Crippen molar-refractivity contribution in [3.05, 3.63) is 17.5 Å². The second-order valence-electron chi connectivity index (χ2n) is 3.38. The normalized spacial score (nSPS) is 12.2. The summed E-state index contributed by atoms with van der Waals surface area (Å²) >= 11 is 10.9. The predicted octanol–water partition coefficient (Wildman–Crippen LogP) is 1.49. The zero-order chi connectivity index (χ0) is 11.4. The van der Waals surface area contributed by atoms with E-state index in [1.54, 1.807) is 6.20 Å². The summed E-state index contributed by atoms with van der Waals surface area (Å²) in [5.74, 6) is 0.811. The van der Waals surface area contributed by atoms with E-state index in [2.05, 4.69) is 9.97 Å². The van der Waals surface area contributed by atoms with Crippen molar-refractivity contribution in [3.8, 4) is 0 Å². The number of thiocarbonyl (C=S) groups is 1. The third-order valence-electron chi connectivity index (χ3n) is 2.04. The van der Waals surface area contributed by atoms with Gasteiger partial charge in [-0.25, -0.2) is 9.97 Å². The lowest BCUT2D eigenvalue weighted by Crippen LogP contribution is -2.32. The molecule has 1 atom stereocenters. The van der Waals surface area contributed by atoms with Gasteiger partial charge in [0.15, 0.2) is 5.82 Å². The molecule has 15 heavy (non-hydrogen) atoms. The van der Waals surface area contributed by atoms with Gasteiger partial charge in [0, 0.05) is 19.5 Å². The first-order valence-corrected chi connectivity index (χ1v) is 5.27. The van der Waals surface area contributed by atoms with Crippen molar-refractivity contribution in [1.82, 2.24) is 9.97 Å². The SMILES string of the molecule is CC(CN(C)c1ncncc1Cl)C(N)=S. The molecule has 1 aromatic heterocycles. The van der Waals surface area contributed by atoms with Crippen LogP contribution in [0.15, 0.2) is 12.5 Å². The molecule has 1 rings (SSSR count). The number of halogens is 1. The number of nitrogens with zero attached hydrogens (tertiary/aromatic N) is 3. The van der Waals surface area contributed by atoms with Crippen LogP contribution in [0.25, 0.3) is 0 Å². The summed E-state index contributed by atoms with van der Waals surface area (Å²) in [6.45, 7) is 2.65. The number of rotatable bonds is 4. The molecule has 0 aliphatic rings. The van der Waals surface area contributed by atoms with Gasteiger partial charge >= 0.3 is 0 Å². The van der Waals surface area contributed by atoms with Crippen molar-refractivity contribution < 1.29 is 0 Å². The van der Waals surface area contributed by atoms with E-state index in [0.29, 0.717) is 22.4 Å². The molecule has 0 aliphatic carbocycles. The van der Waals surface area contributed by atoms with Gasteiger partial charge in [-0.3, -0.25) is 0 Å². The van der Waals surface area contributed by atoms with Gasteiger partial charge in [-0.1, -0.05) is 30.7 Å². The number of anilines is 1. The highest BCUT2D eigenvalue weighted by molar-refractivity contribution is 7.80. The zero-order valence-corrected chi connectivity index (χ0v) is 10.2. The Labute approximate surface area is 99.5 Å². The topological polar surface area (TPSA) is 55.0 Å². The van der Waals surface area contributed by atoms with Crippen LogP contribution in [0.1, 0.15) is 6.92 Å². The van der Waals surface area contributed by atoms with Gasteiger partial charge in [0.1, 0.15) is 11.3 Å². The van der Waals surface area contributed by atoms with Crippen LogP contribution in [-0.4, -0.2) is 28.5 Å². The van der Waals surface area contributed by atoms with Crippen LogP contribution in [0, 0.1) is 5.92 Å². The molecule has 0 aliphatic heterocycles. The van der Waals surface area contributed by atoms with Gasteiger partial charge in [0.25, 0.3) is 0 Å². The van der Waals surface area contributed by atoms with E-state index in [-0.39, 0.29) is 5.92 Å². The van der Waals surface area contributed by atoms with Gasteiger partial charge < -0.3 is 10.6 Å². The highest BCUT2D eigenvalue weighted by Crippen LogP contribution is 2.20. The molecule has 1 heterocycles. The molecule has 0 radical (unpaired) electrons. The Kier molecular flexibility index (Phi) is 4.23. The van der Waals surface area contributed by atoms with E-state index < -0.39 is 0 Å². The number of aromatic nitrogens is 2. The summed E-state index contributed by atoms with van der Waals surface area (Å²) in [6.07, 6.45) is 3.02. The Morgan fingerprint density at radius 3 is 2.93 bits per heavy atom. The minimum absolute atomic E-state index is 0.121. The second-order valence-corrected chi connectivity index (χ2v) is 4.26. The van der Waals surface area contributed by atoms with Gasteiger partial charge in [-0.15, -0.1) is 0 Å². The van der Waals surface area contributed by atoms with Crippen molar-refractivity contribution in [3.63, 3.8) is 0 Å². The maximum atomic E-state index is 5.95. The highest BCUT2D eigenvalue weighted by Gasteiger charge is 2.12. The molecular weight excluding hydrogens is 232 g/mol. The number of hydrogen-bond donors (Lipinski definition) is 1. The number of hydrogen-bond acceptors (Lipinski definition) is 4. The summed E-state index contributed by atoms with van der Waals surface area (Å²) in [6, 6.07) is 0. The van der Waals surface area contributed by atoms with Crippen molar-refractivity contribution in [2.24, 2.45) is 11.7 Å². The van der Waals surface area contributed by atoms with E-state index in [1.807, 2.05) is 18.9 Å². The lowest BCUT2D eigenvalue weighted by molar-refractivity contribution is 0.734. The largest absolute Gasteiger partial charge is 0.393 e. The van der Waals surface area contributed by atoms with E-state index >= 15 is 0 Å². The smallest absolute Gasteiger partial charge is 0.150 e. The van der Waals surface area contributed by atoms with Crippen LogP contribution < -0.4 is 10.6 Å². The van der Waals surface area contributed by atoms with Crippen molar-refractivity contribution in [2.75, 3.05) is 18.5 Å². The zero-order valence-electron chi connectivity index (χ0n) is 8.64. The molecule has 0 spiro atoms. The van der Waals surface area contributed by atoms with Crippen molar-refractivity contribution >= 4 is 34.6 Å². The molecule has 82 valence electrons. The Balaban J connectivity index is 2.73. The quantitative estimate of drug-likeness (QED) is 0.814. The summed E-state index contributed by atoms with van der Waals surface area (Å²) in [5, 5.41) is 0.523. The Hall–Kier alpha value is -0.940. The standard InChI is InChI=1S/C9H13ClN4S/c1-6(8(11)15)4-14(2)9-7(10)3-12-5-13-9/h3,5-6H,4H2,1-2H3,(H2,11,15). The summed E-state index contributed by atoms with van der Waals surface area (Å²) in [7, 11) is 1.89. The number of nitrogens with two attached hydrogens (primary N) is 1. The highest BCUT2D eigenvalue weighted by atomic mass is 35.5. The van der Waals surface area contributed by atoms with E-state index in [0.717, 1.165) is 0 Å². The average molecular weight is 245 g/mol. The monoisotopic (exact) mass is 244 g/mol. The van der Waals surface area contributed by atoms with Crippen LogP contribution in [-0.2, 0) is 0 Å². The molecule has 1 aromatic rings. The van der Waals surface area contributed by atoms with Gasteiger partial charge in [-0.2, -0.15) is 0 Å². The van der Waals surface area contributed by atoms with E-state index in [1.165, 1.54) is 6.33 Å². The fourth-order valence-corrected chi connectivity index (χ4v) is 1.50. The van der Waals surface area contributed by atoms with Crippen LogP contribution >= 0.6 is 23.8 Å². The fourth-order valence-electron chi connectivity index (χ4n) is 1.17. The van der Waals surface area contributed by atoms with Crippen molar-refractivity contribution in [1.29, 1.82) is 0 Å². The van der Waals surface area contributed by atoms with Crippen LogP contribution in [0.2, 0.25) is 5.02 Å². The minimum Gasteiger partial charge on any atom is -0.393 e. The maximum absolute atomic E-state index is 5.95. The molecule has 0 fully saturated rings. The molecule has 1 unspecified atom stereocenters. The minimum atomic E-state index is 0.121. The van der Waals surface area contributed by atoms with E-state index in [9.17, 15) is 0 Å². The molecule has 4 nitrogen and oxygen atoms in total. The van der Waals surface area contributed by atoms with Crippen LogP contribution in [0.5, 0.6) is 0 Å². The predicted molar refractivity (Wildman–Crippen MR) is 66.3 cm³/mol. The summed E-state index contributed by atoms with van der Waals surface area (Å²) < 4.78 is 0. The van der Waals surface area contributed by atoms with E-state index in [4.69, 9.17) is 29.6 Å². The fraction of sp³-hybridized carbons (Fsp3) is 0.444. The Morgan fingerprint density at radius 2 is 2.40 bits per heavy atom. The lowest BCUT2D eigenvalue weighted by atomic mass is 10.2. The third-order valence-corrected chi connectivity index (χ3v) is 2.71. The molecule has 0 aromatic carbocycles. The first-order valence-electron chi connectivity index (χ1n) is 4.48. The Bertz CT molecular complexity index is 358. The molecule has 6 heteroatoms. The molecule has 0 amide bonds. The van der Waals surface area contributed by atoms with Crippen LogP contribution in [0.4, 0.5) is 5.82 Å². The molecule has 2 N–H and O–H groups in total. The summed E-state index contributed by atoms with van der Waals surface area (Å²) in [5.41, 5.74) is 5.54. The molecule has 0 saturated heterocycles. The lowest BCUT2D eigenvalue weighted by Gasteiger charge is -2.22. The first-order chi connectivity index (χ1) is 7.02. The maximum Gasteiger partial charge on any atom is 0.150 e. The summed E-state index contributed by atoms with van der Waals surface area (Å²) in [4.78, 5) is 10.3. The second kappa shape index (κ2) is 5.23. The first kappa shape index (κ1) is 12.1. The van der Waals surface area contributed by atoms with Gasteiger partial charge in [0.2, 0.25) is 0 Å². The van der Waals surface area contributed by atoms with Crippen LogP contribution in [0.3, 0.4) is 0 Å². The third kappa shape index (κ3) is 3.28. The van der Waals surface area contributed by atoms with Gasteiger partial charge in [-0.05, 0) is 0 Å². The molecular formula is C9H13ClN4S. The van der Waals surface area contributed by atoms with Gasteiger partial charge in [0.05, 0.1) is 11.2 Å². The Morgan fingerprint density at radius 1 is 1.73 bits per heavy atom. The molecule has 0 bridgehead atoms. The van der Waals surface area contributed by atoms with Crippen molar-refractivity contribution in [2.45, 2.75) is 6.92 Å². The molecule has 0 saturated carbocycles. The average Bonchev–Trinajstić information content (AvgIpc) is 2.18.